The van der Waals surface area contributed by atoms with Crippen molar-refractivity contribution in [2.24, 2.45) is 0 Å². The van der Waals surface area contributed by atoms with Crippen LogP contribution < -0.4 is 10.6 Å². The Kier molecular flexibility index (Phi) is 4.19. The molecule has 1 heterocycles. The largest absolute Gasteiger partial charge is 0.361 e. The van der Waals surface area contributed by atoms with Gasteiger partial charge in [0.1, 0.15) is 5.82 Å². The number of hydrogen-bond donors (Lipinski definition) is 2. The van der Waals surface area contributed by atoms with E-state index in [9.17, 15) is 14.9 Å². The average molecular weight is 252 g/mol. The van der Waals surface area contributed by atoms with Crippen LogP contribution in [0.15, 0.2) is 18.3 Å². The highest BCUT2D eigenvalue weighted by Crippen LogP contribution is 2.13. The smallest absolute Gasteiger partial charge is 0.274 e. The van der Waals surface area contributed by atoms with E-state index >= 15 is 0 Å². The van der Waals surface area contributed by atoms with Gasteiger partial charge in [-0.3, -0.25) is 14.9 Å². The SMILES string of the molecule is CC(C)(C)NC(=O)CNc1cc([N+](=O)[O-])ccn1. The van der Waals surface area contributed by atoms with Crippen LogP contribution in [0, 0.1) is 10.1 Å². The lowest BCUT2D eigenvalue weighted by Crippen LogP contribution is -2.43. The third-order valence-corrected chi connectivity index (χ3v) is 1.90. The Bertz CT molecular complexity index is 454. The lowest BCUT2D eigenvalue weighted by molar-refractivity contribution is -0.384. The quantitative estimate of drug-likeness (QED) is 0.622. The molecule has 2 N–H and O–H groups in total. The van der Waals surface area contributed by atoms with Gasteiger partial charge in [-0.15, -0.1) is 0 Å². The van der Waals surface area contributed by atoms with Gasteiger partial charge in [-0.1, -0.05) is 0 Å². The molecule has 0 bridgehead atoms. The van der Waals surface area contributed by atoms with Gasteiger partial charge in [0, 0.05) is 17.8 Å². The van der Waals surface area contributed by atoms with Gasteiger partial charge in [0.15, 0.2) is 0 Å². The fourth-order valence-electron chi connectivity index (χ4n) is 1.26. The fourth-order valence-corrected chi connectivity index (χ4v) is 1.26. The van der Waals surface area contributed by atoms with Crippen molar-refractivity contribution in [2.75, 3.05) is 11.9 Å². The van der Waals surface area contributed by atoms with E-state index in [1.54, 1.807) is 0 Å². The Morgan fingerprint density at radius 3 is 2.72 bits per heavy atom. The molecular weight excluding hydrogens is 236 g/mol. The number of carbonyl (C=O) groups excluding carboxylic acids is 1. The topological polar surface area (TPSA) is 97.2 Å². The van der Waals surface area contributed by atoms with Crippen molar-refractivity contribution in [2.45, 2.75) is 26.3 Å². The Hall–Kier alpha value is -2.18. The molecule has 0 fully saturated rings. The summed E-state index contributed by atoms with van der Waals surface area (Å²) in [5, 5.41) is 16.0. The number of nitrogens with zero attached hydrogens (tertiary/aromatic N) is 2. The van der Waals surface area contributed by atoms with Crippen molar-refractivity contribution in [1.82, 2.24) is 10.3 Å². The molecule has 0 aromatic carbocycles. The molecule has 18 heavy (non-hydrogen) atoms. The van der Waals surface area contributed by atoms with E-state index in [1.165, 1.54) is 18.3 Å². The summed E-state index contributed by atoms with van der Waals surface area (Å²) < 4.78 is 0. The molecule has 0 saturated heterocycles. The van der Waals surface area contributed by atoms with Gasteiger partial charge in [-0.25, -0.2) is 4.98 Å². The van der Waals surface area contributed by atoms with E-state index in [4.69, 9.17) is 0 Å². The second-order valence-electron chi connectivity index (χ2n) is 4.81. The zero-order valence-electron chi connectivity index (χ0n) is 10.6. The number of aromatic nitrogens is 1. The number of nitro groups is 1. The summed E-state index contributed by atoms with van der Waals surface area (Å²) in [4.78, 5) is 25.4. The summed E-state index contributed by atoms with van der Waals surface area (Å²) in [7, 11) is 0. The van der Waals surface area contributed by atoms with Crippen LogP contribution in [0.4, 0.5) is 11.5 Å². The summed E-state index contributed by atoms with van der Waals surface area (Å²) in [6, 6.07) is 2.57. The van der Waals surface area contributed by atoms with Gasteiger partial charge in [0.2, 0.25) is 5.91 Å². The first-order chi connectivity index (χ1) is 8.28. The number of carbonyl (C=O) groups is 1. The van der Waals surface area contributed by atoms with Gasteiger partial charge in [0.25, 0.3) is 5.69 Å². The second-order valence-corrected chi connectivity index (χ2v) is 4.81. The maximum absolute atomic E-state index is 11.5. The molecule has 7 heteroatoms. The molecule has 0 aliphatic heterocycles. The van der Waals surface area contributed by atoms with E-state index < -0.39 is 4.92 Å². The van der Waals surface area contributed by atoms with Crippen molar-refractivity contribution >= 4 is 17.4 Å². The van der Waals surface area contributed by atoms with E-state index in [-0.39, 0.29) is 23.7 Å². The molecule has 0 unspecified atom stereocenters. The molecular formula is C11H16N4O3. The minimum atomic E-state index is -0.512. The second kappa shape index (κ2) is 5.44. The minimum Gasteiger partial charge on any atom is -0.361 e. The van der Waals surface area contributed by atoms with Gasteiger partial charge in [-0.2, -0.15) is 0 Å². The third-order valence-electron chi connectivity index (χ3n) is 1.90. The normalized spacial score (nSPS) is 10.8. The van der Waals surface area contributed by atoms with Gasteiger partial charge in [-0.05, 0) is 20.8 Å². The average Bonchev–Trinajstić information content (AvgIpc) is 2.24. The summed E-state index contributed by atoms with van der Waals surface area (Å²) in [6.07, 6.45) is 1.32. The Morgan fingerprint density at radius 1 is 1.50 bits per heavy atom. The number of nitrogens with one attached hydrogen (secondary N) is 2. The van der Waals surface area contributed by atoms with Crippen molar-refractivity contribution in [1.29, 1.82) is 0 Å². The highest BCUT2D eigenvalue weighted by atomic mass is 16.6. The fraction of sp³-hybridized carbons (Fsp3) is 0.455. The number of rotatable bonds is 4. The lowest BCUT2D eigenvalue weighted by Gasteiger charge is -2.20. The van der Waals surface area contributed by atoms with Gasteiger partial charge in [0.05, 0.1) is 17.5 Å². The summed E-state index contributed by atoms with van der Waals surface area (Å²) >= 11 is 0. The molecule has 98 valence electrons. The van der Waals surface area contributed by atoms with Crippen LogP contribution in [0.25, 0.3) is 0 Å². The zero-order chi connectivity index (χ0) is 13.8. The van der Waals surface area contributed by atoms with Crippen molar-refractivity contribution < 1.29 is 9.72 Å². The Balaban J connectivity index is 2.56. The van der Waals surface area contributed by atoms with Gasteiger partial charge < -0.3 is 10.6 Å². The first kappa shape index (κ1) is 13.9. The summed E-state index contributed by atoms with van der Waals surface area (Å²) in [6.45, 7) is 5.63. The highest BCUT2D eigenvalue weighted by Gasteiger charge is 2.13. The van der Waals surface area contributed by atoms with Crippen LogP contribution in [0.3, 0.4) is 0 Å². The van der Waals surface area contributed by atoms with Crippen molar-refractivity contribution in [3.8, 4) is 0 Å². The molecule has 0 radical (unpaired) electrons. The van der Waals surface area contributed by atoms with E-state index in [1.807, 2.05) is 20.8 Å². The first-order valence-corrected chi connectivity index (χ1v) is 5.43. The van der Waals surface area contributed by atoms with Gasteiger partial charge >= 0.3 is 0 Å². The van der Waals surface area contributed by atoms with Crippen LogP contribution in [-0.2, 0) is 4.79 Å². The maximum Gasteiger partial charge on any atom is 0.274 e. The molecule has 0 aliphatic rings. The number of anilines is 1. The summed E-state index contributed by atoms with van der Waals surface area (Å²) in [5.41, 5.74) is -0.377. The van der Waals surface area contributed by atoms with Crippen molar-refractivity contribution in [3.63, 3.8) is 0 Å². The minimum absolute atomic E-state index is 0.0193. The number of amides is 1. The standard InChI is InChI=1S/C11H16N4O3/c1-11(2,3)14-10(16)7-13-9-6-8(15(17)18)4-5-12-9/h4-6H,7H2,1-3H3,(H,12,13)(H,14,16). The zero-order valence-corrected chi connectivity index (χ0v) is 10.6. The van der Waals surface area contributed by atoms with Crippen LogP contribution >= 0.6 is 0 Å². The first-order valence-electron chi connectivity index (χ1n) is 5.43. The third kappa shape index (κ3) is 4.77. The van der Waals surface area contributed by atoms with Crippen LogP contribution in [0.2, 0.25) is 0 Å². The number of pyridine rings is 1. The molecule has 1 amide bonds. The van der Waals surface area contributed by atoms with E-state index in [2.05, 4.69) is 15.6 Å². The highest BCUT2D eigenvalue weighted by molar-refractivity contribution is 5.81. The molecule has 0 atom stereocenters. The lowest BCUT2D eigenvalue weighted by atomic mass is 10.1. The number of hydrogen-bond acceptors (Lipinski definition) is 5. The Morgan fingerprint density at radius 2 is 2.17 bits per heavy atom. The van der Waals surface area contributed by atoms with E-state index in [0.29, 0.717) is 5.82 Å². The molecule has 1 aromatic rings. The predicted octanol–water partition coefficient (Wildman–Crippen LogP) is 1.32. The molecule has 1 aromatic heterocycles. The molecule has 1 rings (SSSR count). The predicted molar refractivity (Wildman–Crippen MR) is 67.3 cm³/mol. The molecule has 7 nitrogen and oxygen atoms in total. The molecule has 0 aliphatic carbocycles. The molecule has 0 saturated carbocycles. The Labute approximate surface area is 105 Å². The van der Waals surface area contributed by atoms with Crippen molar-refractivity contribution in [3.05, 3.63) is 28.4 Å². The molecule has 0 spiro atoms. The maximum atomic E-state index is 11.5. The van der Waals surface area contributed by atoms with Crippen LogP contribution in [-0.4, -0.2) is 27.9 Å². The van der Waals surface area contributed by atoms with Crippen LogP contribution in [0.1, 0.15) is 20.8 Å². The monoisotopic (exact) mass is 252 g/mol. The van der Waals surface area contributed by atoms with Crippen LogP contribution in [0.5, 0.6) is 0 Å². The summed E-state index contributed by atoms with van der Waals surface area (Å²) in [5.74, 6) is 0.101. The van der Waals surface area contributed by atoms with E-state index in [0.717, 1.165) is 0 Å².